The van der Waals surface area contributed by atoms with Crippen molar-refractivity contribution in [3.05, 3.63) is 35.9 Å². The monoisotopic (exact) mass is 223 g/mol. The summed E-state index contributed by atoms with van der Waals surface area (Å²) >= 11 is 0. The first-order valence-corrected chi connectivity index (χ1v) is 5.38. The van der Waals surface area contributed by atoms with Crippen molar-refractivity contribution in [3.8, 4) is 0 Å². The molecule has 0 saturated carbocycles. The number of benzene rings is 1. The van der Waals surface area contributed by atoms with Crippen molar-refractivity contribution < 1.29 is 14.3 Å². The van der Waals surface area contributed by atoms with Crippen LogP contribution in [0.2, 0.25) is 0 Å². The first-order valence-electron chi connectivity index (χ1n) is 5.38. The van der Waals surface area contributed by atoms with Crippen molar-refractivity contribution in [1.29, 1.82) is 0 Å². The number of halogens is 1. The summed E-state index contributed by atoms with van der Waals surface area (Å²) in [7, 11) is 0. The van der Waals surface area contributed by atoms with Gasteiger partial charge in [-0.15, -0.1) is 0 Å². The predicted molar refractivity (Wildman–Crippen MR) is 57.0 cm³/mol. The van der Waals surface area contributed by atoms with E-state index in [1.807, 2.05) is 30.3 Å². The van der Waals surface area contributed by atoms with Gasteiger partial charge in [-0.1, -0.05) is 30.3 Å². The van der Waals surface area contributed by atoms with Crippen LogP contribution in [-0.2, 0) is 16.3 Å². The summed E-state index contributed by atoms with van der Waals surface area (Å²) in [6, 6.07) is 10.0. The van der Waals surface area contributed by atoms with E-state index in [0.29, 0.717) is 13.0 Å². The van der Waals surface area contributed by atoms with Gasteiger partial charge in [-0.05, 0) is 18.5 Å². The highest BCUT2D eigenvalue weighted by atomic mass is 19.3. The Kier molecular flexibility index (Phi) is 3.51. The van der Waals surface area contributed by atoms with Gasteiger partial charge in [0.25, 0.3) is 0 Å². The molecule has 86 valence electrons. The lowest BCUT2D eigenvalue weighted by Crippen LogP contribution is -2.23. The fourth-order valence-electron chi connectivity index (χ4n) is 2.07. The third-order valence-electron chi connectivity index (χ3n) is 2.93. The molecule has 1 fully saturated rings. The van der Waals surface area contributed by atoms with E-state index in [9.17, 15) is 9.32 Å². The van der Waals surface area contributed by atoms with Gasteiger partial charge in [0.05, 0.1) is 5.92 Å². The Morgan fingerprint density at radius 3 is 2.88 bits per heavy atom. The van der Waals surface area contributed by atoms with Crippen LogP contribution in [0.5, 0.6) is 0 Å². The van der Waals surface area contributed by atoms with E-state index < -0.39 is 5.97 Å². The number of carbonyl (C=O) groups excluding carboxylic acids is 1. The number of hydrogen-bond donors (Lipinski definition) is 0. The molecule has 1 aromatic rings. The molecule has 1 atom stereocenters. The van der Waals surface area contributed by atoms with E-state index in [1.165, 1.54) is 5.56 Å². The molecule has 1 aromatic carbocycles. The first-order chi connectivity index (χ1) is 7.79. The fraction of sp³-hybridized carbons (Fsp3) is 0.417. The molecule has 1 heterocycles. The Morgan fingerprint density at radius 2 is 2.19 bits per heavy atom. The van der Waals surface area contributed by atoms with Gasteiger partial charge in [-0.3, -0.25) is 9.84 Å². The minimum Gasteiger partial charge on any atom is -0.298 e. The topological polar surface area (TPSA) is 29.5 Å². The molecule has 2 rings (SSSR count). The van der Waals surface area contributed by atoms with E-state index in [1.54, 1.807) is 0 Å². The van der Waals surface area contributed by atoms with Gasteiger partial charge in [0.15, 0.2) is 0 Å². The molecule has 1 aliphatic heterocycles. The highest BCUT2D eigenvalue weighted by Gasteiger charge is 2.29. The summed E-state index contributed by atoms with van der Waals surface area (Å²) in [5.41, 5.74) is 1.21. The number of nitrogens with zero attached hydrogens (tertiary/aromatic N) is 1. The second-order valence-electron chi connectivity index (χ2n) is 4.10. The Hall–Kier alpha value is -1.42. The lowest BCUT2D eigenvalue weighted by molar-refractivity contribution is -0.188. The third-order valence-corrected chi connectivity index (χ3v) is 2.93. The largest absolute Gasteiger partial charge is 0.353 e. The van der Waals surface area contributed by atoms with E-state index in [4.69, 9.17) is 0 Å². The summed E-state index contributed by atoms with van der Waals surface area (Å²) in [5.74, 6) is -1.05. The van der Waals surface area contributed by atoms with Crippen LogP contribution in [0.3, 0.4) is 0 Å². The van der Waals surface area contributed by atoms with Crippen molar-refractivity contribution in [2.45, 2.75) is 13.0 Å². The molecule has 0 spiro atoms. The highest BCUT2D eigenvalue weighted by molar-refractivity contribution is 5.72. The van der Waals surface area contributed by atoms with Gasteiger partial charge in [0, 0.05) is 17.6 Å². The van der Waals surface area contributed by atoms with Crippen molar-refractivity contribution in [3.63, 3.8) is 0 Å². The summed E-state index contributed by atoms with van der Waals surface area (Å²) in [4.78, 5) is 16.4. The van der Waals surface area contributed by atoms with Crippen molar-refractivity contribution in [2.75, 3.05) is 13.1 Å². The lowest BCUT2D eigenvalue weighted by atomic mass is 10.1. The summed E-state index contributed by atoms with van der Waals surface area (Å²) in [5, 5.41) is 0. The predicted octanol–water partition coefficient (Wildman–Crippen LogP) is 1.94. The van der Waals surface area contributed by atoms with Crippen molar-refractivity contribution >= 4 is 5.97 Å². The molecule has 0 amide bonds. The maximum Gasteiger partial charge on any atom is 0.353 e. The van der Waals surface area contributed by atoms with Gasteiger partial charge >= 0.3 is 5.97 Å². The Bertz CT molecular complexity index is 355. The average molecular weight is 223 g/mol. The molecular weight excluding hydrogens is 209 g/mol. The van der Waals surface area contributed by atoms with Crippen LogP contribution < -0.4 is 0 Å². The molecule has 0 radical (unpaired) electrons. The van der Waals surface area contributed by atoms with Crippen LogP contribution in [0.15, 0.2) is 30.3 Å². The van der Waals surface area contributed by atoms with Crippen LogP contribution in [0.4, 0.5) is 4.53 Å². The normalized spacial score (nSPS) is 20.9. The molecule has 4 heteroatoms. The van der Waals surface area contributed by atoms with Gasteiger partial charge in [0.1, 0.15) is 0 Å². The van der Waals surface area contributed by atoms with Gasteiger partial charge in [-0.2, -0.15) is 0 Å². The number of hydrogen-bond acceptors (Lipinski definition) is 3. The van der Waals surface area contributed by atoms with E-state index in [2.05, 4.69) is 9.84 Å². The van der Waals surface area contributed by atoms with Crippen LogP contribution in [-0.4, -0.2) is 24.0 Å². The maximum absolute atomic E-state index is 11.7. The summed E-state index contributed by atoms with van der Waals surface area (Å²) in [6.07, 6.45) is 0.676. The molecule has 1 aliphatic rings. The smallest absolute Gasteiger partial charge is 0.298 e. The molecule has 0 N–H and O–H groups in total. The van der Waals surface area contributed by atoms with E-state index in [-0.39, 0.29) is 5.92 Å². The SMILES string of the molecule is O=C(OF)C1CCN(Cc2ccccc2)C1. The molecule has 3 nitrogen and oxygen atoms in total. The van der Waals surface area contributed by atoms with Gasteiger partial charge in [0.2, 0.25) is 0 Å². The van der Waals surface area contributed by atoms with Crippen molar-refractivity contribution in [2.24, 2.45) is 5.92 Å². The summed E-state index contributed by atoms with van der Waals surface area (Å²) in [6.45, 7) is 2.20. The molecule has 1 saturated heterocycles. The quantitative estimate of drug-likeness (QED) is 0.784. The Morgan fingerprint density at radius 1 is 1.44 bits per heavy atom. The van der Waals surface area contributed by atoms with E-state index >= 15 is 0 Å². The first kappa shape index (κ1) is 11.1. The Labute approximate surface area is 93.7 Å². The van der Waals surface area contributed by atoms with Gasteiger partial charge in [-0.25, -0.2) is 4.79 Å². The number of carbonyl (C=O) groups is 1. The van der Waals surface area contributed by atoms with Crippen molar-refractivity contribution in [1.82, 2.24) is 4.90 Å². The van der Waals surface area contributed by atoms with Crippen LogP contribution in [0, 0.1) is 5.92 Å². The Balaban J connectivity index is 1.88. The number of likely N-dealkylation sites (tertiary alicyclic amines) is 1. The minimum absolute atomic E-state index is 0.311. The zero-order chi connectivity index (χ0) is 11.4. The molecule has 0 aliphatic carbocycles. The minimum atomic E-state index is -0.740. The standard InChI is InChI=1S/C12H14FNO2/c13-16-12(15)11-6-7-14(9-11)8-10-4-2-1-3-5-10/h1-5,11H,6-9H2. The average Bonchev–Trinajstić information content (AvgIpc) is 2.78. The van der Waals surface area contributed by atoms with Crippen LogP contribution in [0.1, 0.15) is 12.0 Å². The zero-order valence-electron chi connectivity index (χ0n) is 8.93. The lowest BCUT2D eigenvalue weighted by Gasteiger charge is -2.14. The number of rotatable bonds is 3. The molecule has 1 unspecified atom stereocenters. The molecule has 0 bridgehead atoms. The zero-order valence-corrected chi connectivity index (χ0v) is 8.93. The fourth-order valence-corrected chi connectivity index (χ4v) is 2.07. The maximum atomic E-state index is 11.7. The molecular formula is C12H14FNO2. The summed E-state index contributed by atoms with van der Waals surface area (Å²) < 4.78 is 11.7. The molecule has 16 heavy (non-hydrogen) atoms. The molecule has 0 aromatic heterocycles. The highest BCUT2D eigenvalue weighted by Crippen LogP contribution is 2.19. The second-order valence-corrected chi connectivity index (χ2v) is 4.10. The third kappa shape index (κ3) is 2.58. The second kappa shape index (κ2) is 5.07. The van der Waals surface area contributed by atoms with Crippen LogP contribution >= 0.6 is 0 Å². The van der Waals surface area contributed by atoms with Gasteiger partial charge < -0.3 is 0 Å². The van der Waals surface area contributed by atoms with Crippen LogP contribution in [0.25, 0.3) is 0 Å². The van der Waals surface area contributed by atoms with E-state index in [0.717, 1.165) is 13.1 Å².